The summed E-state index contributed by atoms with van der Waals surface area (Å²) in [6, 6.07) is 24.8. The molecule has 1 atom stereocenters. The molecular weight excluding hydrogens is 462 g/mol. The van der Waals surface area contributed by atoms with Crippen LogP contribution in [-0.4, -0.2) is 39.9 Å². The maximum absolute atomic E-state index is 10.4. The second-order valence-corrected chi connectivity index (χ2v) is 9.06. The minimum atomic E-state index is 0.0683. The molecule has 1 heterocycles. The van der Waals surface area contributed by atoms with Gasteiger partial charge >= 0.3 is 0 Å². The van der Waals surface area contributed by atoms with Crippen molar-refractivity contribution in [1.29, 1.82) is 0 Å². The molecule has 0 amide bonds. The molecule has 0 bridgehead atoms. The summed E-state index contributed by atoms with van der Waals surface area (Å²) in [4.78, 5) is 14.2. The van der Waals surface area contributed by atoms with Gasteiger partial charge in [0.05, 0.1) is 6.61 Å². The molecule has 4 rings (SSSR count). The van der Waals surface area contributed by atoms with Crippen LogP contribution in [0.3, 0.4) is 0 Å². The van der Waals surface area contributed by atoms with Crippen LogP contribution >= 0.6 is 0 Å². The first kappa shape index (κ1) is 26.3. The number of aromatic nitrogens is 3. The number of unbranched alkanes of at least 4 members (excludes halogenated alkanes) is 1. The van der Waals surface area contributed by atoms with Gasteiger partial charge in [-0.3, -0.25) is 0 Å². The molecule has 1 unspecified atom stereocenters. The van der Waals surface area contributed by atoms with E-state index in [1.165, 1.54) is 19.3 Å². The standard InChI is InChI=1S/C31H35N3O3/c1-3-5-12-23(4-2)22-36-19-20-37-28-21-26(17-18-27(28)35)31-33-29(24-13-8-6-9-14-24)32-30(34-31)25-15-10-7-11-16-25/h6-11,13-18,21,23,35H,3-5,12,19-20,22H2,1-2H3. The Kier molecular flexibility index (Phi) is 9.60. The number of hydrogen-bond acceptors (Lipinski definition) is 6. The van der Waals surface area contributed by atoms with E-state index in [1.807, 2.05) is 60.7 Å². The third-order valence-electron chi connectivity index (χ3n) is 6.30. The molecule has 0 fully saturated rings. The van der Waals surface area contributed by atoms with Crippen LogP contribution in [0.2, 0.25) is 0 Å². The van der Waals surface area contributed by atoms with Gasteiger partial charge in [0.25, 0.3) is 0 Å². The Hall–Kier alpha value is -3.77. The van der Waals surface area contributed by atoms with Crippen molar-refractivity contribution in [3.63, 3.8) is 0 Å². The molecule has 3 aromatic carbocycles. The van der Waals surface area contributed by atoms with Crippen molar-refractivity contribution in [2.24, 2.45) is 5.92 Å². The number of ether oxygens (including phenoxy) is 2. The number of hydrogen-bond donors (Lipinski definition) is 1. The van der Waals surface area contributed by atoms with Crippen LogP contribution in [0.15, 0.2) is 78.9 Å². The molecule has 0 aliphatic heterocycles. The molecule has 6 nitrogen and oxygen atoms in total. The van der Waals surface area contributed by atoms with Crippen LogP contribution in [0.1, 0.15) is 39.5 Å². The van der Waals surface area contributed by atoms with E-state index in [4.69, 9.17) is 24.4 Å². The van der Waals surface area contributed by atoms with Crippen LogP contribution in [-0.2, 0) is 4.74 Å². The lowest BCUT2D eigenvalue weighted by Gasteiger charge is -2.15. The fourth-order valence-corrected chi connectivity index (χ4v) is 4.07. The smallest absolute Gasteiger partial charge is 0.164 e. The minimum Gasteiger partial charge on any atom is -0.504 e. The van der Waals surface area contributed by atoms with Crippen LogP contribution < -0.4 is 4.74 Å². The van der Waals surface area contributed by atoms with E-state index < -0.39 is 0 Å². The van der Waals surface area contributed by atoms with Crippen molar-refractivity contribution in [2.75, 3.05) is 19.8 Å². The summed E-state index contributed by atoms with van der Waals surface area (Å²) in [6.07, 6.45) is 4.74. The predicted molar refractivity (Wildman–Crippen MR) is 147 cm³/mol. The molecule has 0 spiro atoms. The largest absolute Gasteiger partial charge is 0.504 e. The van der Waals surface area contributed by atoms with E-state index in [2.05, 4.69) is 13.8 Å². The van der Waals surface area contributed by atoms with Crippen LogP contribution in [0.4, 0.5) is 0 Å². The van der Waals surface area contributed by atoms with Crippen molar-refractivity contribution < 1.29 is 14.6 Å². The molecule has 0 saturated heterocycles. The van der Waals surface area contributed by atoms with E-state index >= 15 is 0 Å². The van der Waals surface area contributed by atoms with E-state index in [-0.39, 0.29) is 5.75 Å². The third kappa shape index (κ3) is 7.37. The molecule has 192 valence electrons. The highest BCUT2D eigenvalue weighted by Crippen LogP contribution is 2.32. The summed E-state index contributed by atoms with van der Waals surface area (Å²) in [5.74, 6) is 2.71. The Morgan fingerprint density at radius 1 is 0.730 bits per heavy atom. The van der Waals surface area contributed by atoms with Crippen molar-refractivity contribution in [2.45, 2.75) is 39.5 Å². The molecule has 1 N–H and O–H groups in total. The van der Waals surface area contributed by atoms with Crippen molar-refractivity contribution in [3.8, 4) is 45.7 Å². The number of phenols is 1. The monoisotopic (exact) mass is 497 g/mol. The van der Waals surface area contributed by atoms with Gasteiger partial charge in [0, 0.05) is 23.3 Å². The maximum atomic E-state index is 10.4. The van der Waals surface area contributed by atoms with Gasteiger partial charge in [0.2, 0.25) is 0 Å². The van der Waals surface area contributed by atoms with Gasteiger partial charge < -0.3 is 14.6 Å². The van der Waals surface area contributed by atoms with E-state index in [0.29, 0.717) is 42.4 Å². The Labute approximate surface area is 219 Å². The average molecular weight is 498 g/mol. The van der Waals surface area contributed by atoms with E-state index in [9.17, 15) is 5.11 Å². The summed E-state index contributed by atoms with van der Waals surface area (Å²) in [5, 5.41) is 10.4. The summed E-state index contributed by atoms with van der Waals surface area (Å²) < 4.78 is 11.7. The number of benzene rings is 3. The van der Waals surface area contributed by atoms with Crippen LogP contribution in [0.5, 0.6) is 11.5 Å². The molecule has 1 aromatic heterocycles. The zero-order valence-electron chi connectivity index (χ0n) is 21.6. The van der Waals surface area contributed by atoms with Crippen LogP contribution in [0.25, 0.3) is 34.2 Å². The summed E-state index contributed by atoms with van der Waals surface area (Å²) in [5.41, 5.74) is 2.54. The van der Waals surface area contributed by atoms with Gasteiger partial charge in [-0.25, -0.2) is 15.0 Å². The zero-order valence-corrected chi connectivity index (χ0v) is 21.6. The van der Waals surface area contributed by atoms with Gasteiger partial charge in [0.1, 0.15) is 6.61 Å². The summed E-state index contributed by atoms with van der Waals surface area (Å²) >= 11 is 0. The molecule has 0 radical (unpaired) electrons. The lowest BCUT2D eigenvalue weighted by molar-refractivity contribution is 0.0693. The lowest BCUT2D eigenvalue weighted by atomic mass is 10.0. The number of nitrogens with zero attached hydrogens (tertiary/aromatic N) is 3. The van der Waals surface area contributed by atoms with Gasteiger partial charge in [-0.05, 0) is 30.5 Å². The Morgan fingerprint density at radius 2 is 1.32 bits per heavy atom. The lowest BCUT2D eigenvalue weighted by Crippen LogP contribution is -2.13. The maximum Gasteiger partial charge on any atom is 0.164 e. The Bertz CT molecular complexity index is 1190. The predicted octanol–water partition coefficient (Wildman–Crippen LogP) is 7.19. The molecular formula is C31H35N3O3. The fourth-order valence-electron chi connectivity index (χ4n) is 4.07. The highest BCUT2D eigenvalue weighted by molar-refractivity contribution is 5.67. The third-order valence-corrected chi connectivity index (χ3v) is 6.30. The average Bonchev–Trinajstić information content (AvgIpc) is 2.96. The molecule has 6 heteroatoms. The van der Waals surface area contributed by atoms with Crippen LogP contribution in [0, 0.1) is 5.92 Å². The minimum absolute atomic E-state index is 0.0683. The topological polar surface area (TPSA) is 77.4 Å². The first-order chi connectivity index (χ1) is 18.2. The highest BCUT2D eigenvalue weighted by Gasteiger charge is 2.14. The van der Waals surface area contributed by atoms with Gasteiger partial charge in [-0.1, -0.05) is 93.8 Å². The number of phenolic OH excluding ortho intramolecular Hbond substituents is 1. The first-order valence-corrected chi connectivity index (χ1v) is 13.1. The van der Waals surface area contributed by atoms with Gasteiger partial charge in [-0.15, -0.1) is 0 Å². The second kappa shape index (κ2) is 13.5. The van der Waals surface area contributed by atoms with Crippen molar-refractivity contribution >= 4 is 0 Å². The molecule has 0 saturated carbocycles. The molecule has 37 heavy (non-hydrogen) atoms. The zero-order chi connectivity index (χ0) is 25.9. The normalized spacial score (nSPS) is 11.8. The quantitative estimate of drug-likeness (QED) is 0.197. The summed E-state index contributed by atoms with van der Waals surface area (Å²) in [6.45, 7) is 5.97. The Balaban J connectivity index is 1.52. The SMILES string of the molecule is CCCCC(CC)COCCOc1cc(-c2nc(-c3ccccc3)nc(-c3ccccc3)n2)ccc1O. The second-order valence-electron chi connectivity index (χ2n) is 9.06. The van der Waals surface area contributed by atoms with Crippen molar-refractivity contribution in [1.82, 2.24) is 15.0 Å². The van der Waals surface area contributed by atoms with Crippen molar-refractivity contribution in [3.05, 3.63) is 78.9 Å². The summed E-state index contributed by atoms with van der Waals surface area (Å²) in [7, 11) is 0. The number of aromatic hydroxyl groups is 1. The fraction of sp³-hybridized carbons (Fsp3) is 0.323. The van der Waals surface area contributed by atoms with E-state index in [1.54, 1.807) is 18.2 Å². The first-order valence-electron chi connectivity index (χ1n) is 13.1. The van der Waals surface area contributed by atoms with Gasteiger partial charge in [-0.2, -0.15) is 0 Å². The molecule has 0 aliphatic rings. The van der Waals surface area contributed by atoms with Gasteiger partial charge in [0.15, 0.2) is 29.0 Å². The van der Waals surface area contributed by atoms with E-state index in [0.717, 1.165) is 29.7 Å². The molecule has 4 aromatic rings. The number of rotatable bonds is 13. The molecule has 0 aliphatic carbocycles. The highest BCUT2D eigenvalue weighted by atomic mass is 16.5. The Morgan fingerprint density at radius 3 is 1.89 bits per heavy atom.